The van der Waals surface area contributed by atoms with E-state index in [-0.39, 0.29) is 12.8 Å². The smallest absolute Gasteiger partial charge is 0.471 e. The number of hydrogen-bond donors (Lipinski definition) is 1. The highest BCUT2D eigenvalue weighted by molar-refractivity contribution is 5.91. The molecular formula is C10H12F3NO3. The summed E-state index contributed by atoms with van der Waals surface area (Å²) in [6, 6.07) is -0.575. The van der Waals surface area contributed by atoms with Crippen LogP contribution in [0.15, 0.2) is 0 Å². The minimum Gasteiger partial charge on any atom is -0.479 e. The Hall–Kier alpha value is -1.27. The number of rotatable bonds is 1. The lowest BCUT2D eigenvalue weighted by Gasteiger charge is -2.41. The maximum absolute atomic E-state index is 12.5. The molecule has 2 atom stereocenters. The van der Waals surface area contributed by atoms with Gasteiger partial charge in [-0.05, 0) is 32.1 Å². The zero-order valence-corrected chi connectivity index (χ0v) is 8.96. The molecule has 0 saturated carbocycles. The van der Waals surface area contributed by atoms with Crippen LogP contribution in [0.25, 0.3) is 0 Å². The van der Waals surface area contributed by atoms with E-state index in [0.717, 1.165) is 0 Å². The van der Waals surface area contributed by atoms with Gasteiger partial charge in [0.1, 0.15) is 5.54 Å². The van der Waals surface area contributed by atoms with Crippen LogP contribution < -0.4 is 0 Å². The lowest BCUT2D eigenvalue weighted by atomic mass is 9.88. The number of fused-ring (bicyclic) bond motifs is 2. The summed E-state index contributed by atoms with van der Waals surface area (Å²) in [4.78, 5) is 23.1. The van der Waals surface area contributed by atoms with Crippen molar-refractivity contribution >= 4 is 11.9 Å². The summed E-state index contributed by atoms with van der Waals surface area (Å²) in [5.74, 6) is -3.33. The maximum Gasteiger partial charge on any atom is 0.471 e. The third kappa shape index (κ3) is 1.68. The Morgan fingerprint density at radius 3 is 2.41 bits per heavy atom. The van der Waals surface area contributed by atoms with Crippen LogP contribution >= 0.6 is 0 Å². The van der Waals surface area contributed by atoms with Crippen molar-refractivity contribution in [1.82, 2.24) is 4.90 Å². The fourth-order valence-electron chi connectivity index (χ4n) is 2.97. The number of aliphatic carboxylic acids is 1. The number of carboxylic acid groups (broad SMARTS) is 1. The first-order valence-corrected chi connectivity index (χ1v) is 5.43. The molecule has 2 aliphatic heterocycles. The predicted molar refractivity (Wildman–Crippen MR) is 50.1 cm³/mol. The quantitative estimate of drug-likeness (QED) is 0.769. The molecule has 7 heteroatoms. The lowest BCUT2D eigenvalue weighted by Crippen LogP contribution is -2.60. The number of halogens is 3. The van der Waals surface area contributed by atoms with Crippen LogP contribution in [0.4, 0.5) is 13.2 Å². The standard InChI is InChI=1S/C10H12F3NO3/c11-10(12,13)7(15)14-6-2-1-4-9(14,5-3-6)8(16)17/h6H,1-5H2,(H,16,17). The molecule has 2 heterocycles. The molecule has 0 aliphatic carbocycles. The van der Waals surface area contributed by atoms with Crippen molar-refractivity contribution in [2.45, 2.75) is 49.9 Å². The molecule has 2 fully saturated rings. The Morgan fingerprint density at radius 2 is 1.88 bits per heavy atom. The SMILES string of the molecule is O=C(N1C2CCCC1(C(=O)O)CC2)C(F)(F)F. The van der Waals surface area contributed by atoms with Crippen molar-refractivity contribution in [1.29, 1.82) is 0 Å². The van der Waals surface area contributed by atoms with Crippen LogP contribution in [0, 0.1) is 0 Å². The molecule has 17 heavy (non-hydrogen) atoms. The number of nitrogens with zero attached hydrogens (tertiary/aromatic N) is 1. The third-order valence-corrected chi connectivity index (χ3v) is 3.70. The van der Waals surface area contributed by atoms with Gasteiger partial charge in [-0.2, -0.15) is 13.2 Å². The van der Waals surface area contributed by atoms with E-state index in [1.54, 1.807) is 0 Å². The Kier molecular flexibility index (Phi) is 2.59. The van der Waals surface area contributed by atoms with Gasteiger partial charge in [0.25, 0.3) is 0 Å². The minimum absolute atomic E-state index is 0.112. The van der Waals surface area contributed by atoms with Gasteiger partial charge >= 0.3 is 18.1 Å². The highest BCUT2D eigenvalue weighted by atomic mass is 19.4. The average molecular weight is 251 g/mol. The molecule has 2 bridgehead atoms. The molecule has 0 aromatic rings. The fourth-order valence-corrected chi connectivity index (χ4v) is 2.97. The number of amides is 1. The van der Waals surface area contributed by atoms with Crippen molar-refractivity contribution in [2.24, 2.45) is 0 Å². The monoisotopic (exact) mass is 251 g/mol. The highest BCUT2D eigenvalue weighted by Crippen LogP contribution is 2.46. The van der Waals surface area contributed by atoms with Crippen LogP contribution in [0.3, 0.4) is 0 Å². The predicted octanol–water partition coefficient (Wildman–Crippen LogP) is 1.55. The molecular weight excluding hydrogens is 239 g/mol. The molecule has 4 nitrogen and oxygen atoms in total. The van der Waals surface area contributed by atoms with Crippen molar-refractivity contribution in [3.63, 3.8) is 0 Å². The zero-order chi connectivity index (χ0) is 12.8. The van der Waals surface area contributed by atoms with Crippen molar-refractivity contribution in [3.8, 4) is 0 Å². The van der Waals surface area contributed by atoms with E-state index < -0.39 is 29.6 Å². The molecule has 0 radical (unpaired) electrons. The molecule has 1 amide bonds. The molecule has 2 saturated heterocycles. The van der Waals surface area contributed by atoms with E-state index in [9.17, 15) is 22.8 Å². The van der Waals surface area contributed by atoms with E-state index in [4.69, 9.17) is 5.11 Å². The Morgan fingerprint density at radius 1 is 1.24 bits per heavy atom. The number of hydrogen-bond acceptors (Lipinski definition) is 2. The number of carboxylic acids is 1. The van der Waals surface area contributed by atoms with Gasteiger partial charge in [-0.15, -0.1) is 0 Å². The summed E-state index contributed by atoms with van der Waals surface area (Å²) < 4.78 is 37.4. The van der Waals surface area contributed by atoms with E-state index in [0.29, 0.717) is 24.2 Å². The van der Waals surface area contributed by atoms with Gasteiger partial charge in [0.15, 0.2) is 0 Å². The summed E-state index contributed by atoms with van der Waals surface area (Å²) in [6.07, 6.45) is -3.42. The average Bonchev–Trinajstić information content (AvgIpc) is 2.43. The molecule has 2 aliphatic rings. The number of alkyl halides is 3. The first-order valence-electron chi connectivity index (χ1n) is 5.43. The summed E-state index contributed by atoms with van der Waals surface area (Å²) in [5.41, 5.74) is -1.63. The molecule has 2 unspecified atom stereocenters. The lowest BCUT2D eigenvalue weighted by molar-refractivity contribution is -0.197. The Labute approximate surface area is 95.4 Å². The second-order valence-electron chi connectivity index (χ2n) is 4.59. The Bertz CT molecular complexity index is 364. The maximum atomic E-state index is 12.5. The third-order valence-electron chi connectivity index (χ3n) is 3.70. The largest absolute Gasteiger partial charge is 0.479 e. The molecule has 2 rings (SSSR count). The molecule has 0 spiro atoms. The van der Waals surface area contributed by atoms with Crippen molar-refractivity contribution < 1.29 is 27.9 Å². The summed E-state index contributed by atoms with van der Waals surface area (Å²) >= 11 is 0. The number of piperidine rings is 1. The fraction of sp³-hybridized carbons (Fsp3) is 0.800. The summed E-state index contributed by atoms with van der Waals surface area (Å²) in [5, 5.41) is 9.14. The van der Waals surface area contributed by atoms with Crippen LogP contribution in [0.1, 0.15) is 32.1 Å². The van der Waals surface area contributed by atoms with Gasteiger partial charge in [0.2, 0.25) is 0 Å². The van der Waals surface area contributed by atoms with Crippen molar-refractivity contribution in [3.05, 3.63) is 0 Å². The second-order valence-corrected chi connectivity index (χ2v) is 4.59. The summed E-state index contributed by atoms with van der Waals surface area (Å²) in [7, 11) is 0. The van der Waals surface area contributed by atoms with Gasteiger partial charge < -0.3 is 10.0 Å². The normalized spacial score (nSPS) is 32.6. The summed E-state index contributed by atoms with van der Waals surface area (Å²) in [6.45, 7) is 0. The minimum atomic E-state index is -5.00. The first-order chi connectivity index (χ1) is 7.79. The molecule has 0 aromatic carbocycles. The van der Waals surface area contributed by atoms with Crippen LogP contribution in [0.5, 0.6) is 0 Å². The van der Waals surface area contributed by atoms with E-state index in [1.165, 1.54) is 0 Å². The molecule has 1 N–H and O–H groups in total. The molecule has 96 valence electrons. The highest BCUT2D eigenvalue weighted by Gasteiger charge is 2.60. The van der Waals surface area contributed by atoms with E-state index in [2.05, 4.69) is 0 Å². The van der Waals surface area contributed by atoms with Gasteiger partial charge in [-0.25, -0.2) is 4.79 Å². The molecule has 0 aromatic heterocycles. The van der Waals surface area contributed by atoms with Crippen LogP contribution in [0.2, 0.25) is 0 Å². The van der Waals surface area contributed by atoms with Gasteiger partial charge in [-0.1, -0.05) is 0 Å². The number of carbonyl (C=O) groups is 2. The van der Waals surface area contributed by atoms with Crippen LogP contribution in [-0.2, 0) is 9.59 Å². The van der Waals surface area contributed by atoms with Crippen molar-refractivity contribution in [2.75, 3.05) is 0 Å². The van der Waals surface area contributed by atoms with Gasteiger partial charge in [-0.3, -0.25) is 4.79 Å². The van der Waals surface area contributed by atoms with E-state index in [1.807, 2.05) is 0 Å². The van der Waals surface area contributed by atoms with Crippen LogP contribution in [-0.4, -0.2) is 39.6 Å². The topological polar surface area (TPSA) is 57.6 Å². The zero-order valence-electron chi connectivity index (χ0n) is 8.96. The van der Waals surface area contributed by atoms with E-state index >= 15 is 0 Å². The number of carbonyl (C=O) groups excluding carboxylic acids is 1. The second kappa shape index (κ2) is 3.61. The first kappa shape index (κ1) is 12.2. The van der Waals surface area contributed by atoms with Gasteiger partial charge in [0.05, 0.1) is 0 Å². The van der Waals surface area contributed by atoms with Gasteiger partial charge in [0, 0.05) is 6.04 Å². The Balaban J connectivity index is 2.38.